The first-order valence-corrected chi connectivity index (χ1v) is 12.2. The van der Waals surface area contributed by atoms with Crippen molar-refractivity contribution in [2.75, 3.05) is 31.1 Å². The molecule has 2 atom stereocenters. The fraction of sp³-hybridized carbons (Fsp3) is 0.720. The summed E-state index contributed by atoms with van der Waals surface area (Å²) in [6.07, 6.45) is 9.39. The first-order chi connectivity index (χ1) is 14.6. The fourth-order valence-electron chi connectivity index (χ4n) is 6.41. The molecule has 1 saturated carbocycles. The molecule has 5 rings (SSSR count). The highest BCUT2D eigenvalue weighted by Crippen LogP contribution is 2.44. The molecule has 3 aliphatic heterocycles. The van der Waals surface area contributed by atoms with Crippen molar-refractivity contribution in [3.05, 3.63) is 29.6 Å². The van der Waals surface area contributed by atoms with E-state index in [1.54, 1.807) is 6.07 Å². The SMILES string of the molecule is CC1CCC(N2CCC(N3C(=O)C(CC4CCNC4)c4cc(F)ccc43)CC2)CC1. The topological polar surface area (TPSA) is 35.6 Å². The van der Waals surface area contributed by atoms with Gasteiger partial charge in [0.2, 0.25) is 5.91 Å². The summed E-state index contributed by atoms with van der Waals surface area (Å²) in [5.41, 5.74) is 1.90. The third-order valence-corrected chi connectivity index (χ3v) is 8.26. The van der Waals surface area contributed by atoms with Crippen molar-refractivity contribution >= 4 is 11.6 Å². The molecule has 1 aromatic carbocycles. The Bertz CT molecular complexity index is 762. The molecule has 3 fully saturated rings. The van der Waals surface area contributed by atoms with Gasteiger partial charge in [0, 0.05) is 30.9 Å². The Hall–Kier alpha value is -1.46. The number of hydrogen-bond acceptors (Lipinski definition) is 3. The Labute approximate surface area is 180 Å². The lowest BCUT2D eigenvalue weighted by atomic mass is 9.85. The van der Waals surface area contributed by atoms with Crippen LogP contribution in [0.3, 0.4) is 0 Å². The van der Waals surface area contributed by atoms with E-state index in [0.717, 1.165) is 75.1 Å². The zero-order valence-corrected chi connectivity index (χ0v) is 18.3. The molecule has 0 spiro atoms. The van der Waals surface area contributed by atoms with Gasteiger partial charge in [-0.25, -0.2) is 4.39 Å². The van der Waals surface area contributed by atoms with Crippen LogP contribution in [0.25, 0.3) is 0 Å². The summed E-state index contributed by atoms with van der Waals surface area (Å²) < 4.78 is 14.1. The molecule has 2 saturated heterocycles. The Kier molecular flexibility index (Phi) is 5.85. The Morgan fingerprint density at radius 1 is 1.03 bits per heavy atom. The van der Waals surface area contributed by atoms with Crippen LogP contribution in [0.1, 0.15) is 69.8 Å². The average Bonchev–Trinajstić information content (AvgIpc) is 3.36. The lowest BCUT2D eigenvalue weighted by Crippen LogP contribution is -2.50. The van der Waals surface area contributed by atoms with E-state index in [0.29, 0.717) is 5.92 Å². The van der Waals surface area contributed by atoms with E-state index in [4.69, 9.17) is 0 Å². The molecule has 30 heavy (non-hydrogen) atoms. The van der Waals surface area contributed by atoms with Gasteiger partial charge in [-0.1, -0.05) is 6.92 Å². The third kappa shape index (κ3) is 3.91. The maximum absolute atomic E-state index is 14.1. The minimum Gasteiger partial charge on any atom is -0.316 e. The van der Waals surface area contributed by atoms with Gasteiger partial charge in [-0.05, 0) is 100 Å². The number of benzene rings is 1. The number of likely N-dealkylation sites (tertiary alicyclic amines) is 1. The molecule has 1 aliphatic carbocycles. The van der Waals surface area contributed by atoms with E-state index in [9.17, 15) is 9.18 Å². The maximum atomic E-state index is 14.1. The van der Waals surface area contributed by atoms with Crippen molar-refractivity contribution in [2.24, 2.45) is 11.8 Å². The predicted octanol–water partition coefficient (Wildman–Crippen LogP) is 4.30. The van der Waals surface area contributed by atoms with Gasteiger partial charge in [-0.3, -0.25) is 4.79 Å². The maximum Gasteiger partial charge on any atom is 0.234 e. The van der Waals surface area contributed by atoms with Gasteiger partial charge in [0.25, 0.3) is 0 Å². The number of anilines is 1. The van der Waals surface area contributed by atoms with Gasteiger partial charge >= 0.3 is 0 Å². The van der Waals surface area contributed by atoms with Crippen LogP contribution in [0.5, 0.6) is 0 Å². The number of carbonyl (C=O) groups excluding carboxylic acids is 1. The highest BCUT2D eigenvalue weighted by molar-refractivity contribution is 6.05. The number of rotatable bonds is 4. The van der Waals surface area contributed by atoms with Crippen molar-refractivity contribution < 1.29 is 9.18 Å². The molecule has 1 amide bonds. The molecular formula is C25H36FN3O. The number of hydrogen-bond donors (Lipinski definition) is 1. The minimum atomic E-state index is -0.223. The largest absolute Gasteiger partial charge is 0.316 e. The van der Waals surface area contributed by atoms with E-state index in [2.05, 4.69) is 22.0 Å². The van der Waals surface area contributed by atoms with Crippen LogP contribution in [0.2, 0.25) is 0 Å². The molecule has 2 unspecified atom stereocenters. The molecule has 0 aromatic heterocycles. The number of halogens is 1. The van der Waals surface area contributed by atoms with Crippen molar-refractivity contribution in [1.82, 2.24) is 10.2 Å². The summed E-state index contributed by atoms with van der Waals surface area (Å²) in [6.45, 7) is 6.55. The fourth-order valence-corrected chi connectivity index (χ4v) is 6.41. The van der Waals surface area contributed by atoms with Gasteiger partial charge in [0.1, 0.15) is 5.82 Å². The van der Waals surface area contributed by atoms with E-state index in [1.165, 1.54) is 31.7 Å². The van der Waals surface area contributed by atoms with Crippen molar-refractivity contribution in [3.63, 3.8) is 0 Å². The van der Waals surface area contributed by atoms with Crippen LogP contribution in [0.15, 0.2) is 18.2 Å². The van der Waals surface area contributed by atoms with Gasteiger partial charge < -0.3 is 15.1 Å². The first kappa shape index (κ1) is 20.4. The van der Waals surface area contributed by atoms with Gasteiger partial charge in [-0.2, -0.15) is 0 Å². The summed E-state index contributed by atoms with van der Waals surface area (Å²) in [7, 11) is 0. The first-order valence-electron chi connectivity index (χ1n) is 12.2. The second kappa shape index (κ2) is 8.58. The van der Waals surface area contributed by atoms with Crippen LogP contribution in [0, 0.1) is 17.7 Å². The van der Waals surface area contributed by atoms with E-state index in [-0.39, 0.29) is 23.7 Å². The zero-order valence-electron chi connectivity index (χ0n) is 18.3. The molecule has 4 nitrogen and oxygen atoms in total. The van der Waals surface area contributed by atoms with Gasteiger partial charge in [0.05, 0.1) is 5.92 Å². The Morgan fingerprint density at radius 2 is 1.80 bits per heavy atom. The number of piperidine rings is 1. The molecule has 1 N–H and O–H groups in total. The lowest BCUT2D eigenvalue weighted by Gasteiger charge is -2.42. The van der Waals surface area contributed by atoms with Crippen LogP contribution in [0.4, 0.5) is 10.1 Å². The molecule has 0 bridgehead atoms. The summed E-state index contributed by atoms with van der Waals surface area (Å²) in [4.78, 5) is 18.3. The number of nitrogens with one attached hydrogen (secondary N) is 1. The number of amides is 1. The van der Waals surface area contributed by atoms with Crippen LogP contribution >= 0.6 is 0 Å². The van der Waals surface area contributed by atoms with Crippen molar-refractivity contribution in [2.45, 2.75) is 76.3 Å². The summed E-state index contributed by atoms with van der Waals surface area (Å²) in [5, 5.41) is 3.41. The number of carbonyl (C=O) groups is 1. The standard InChI is InChI=1S/C25H36FN3O/c1-17-2-5-20(6-3-17)28-12-9-21(10-13-28)29-24-7-4-19(26)15-22(24)23(25(29)30)14-18-8-11-27-16-18/h4,7,15,17-18,20-21,23,27H,2-3,5-6,8-14,16H2,1H3. The molecule has 1 aromatic rings. The predicted molar refractivity (Wildman–Crippen MR) is 118 cm³/mol. The van der Waals surface area contributed by atoms with Crippen molar-refractivity contribution in [3.8, 4) is 0 Å². The summed E-state index contributed by atoms with van der Waals surface area (Å²) >= 11 is 0. The Morgan fingerprint density at radius 3 is 2.50 bits per heavy atom. The highest BCUT2D eigenvalue weighted by Gasteiger charge is 2.43. The molecule has 5 heteroatoms. The molecule has 164 valence electrons. The second-order valence-corrected chi connectivity index (χ2v) is 10.2. The number of fused-ring (bicyclic) bond motifs is 1. The zero-order chi connectivity index (χ0) is 20.7. The highest BCUT2D eigenvalue weighted by atomic mass is 19.1. The monoisotopic (exact) mass is 413 g/mol. The van der Waals surface area contributed by atoms with Gasteiger partial charge in [0.15, 0.2) is 0 Å². The molecule has 3 heterocycles. The van der Waals surface area contributed by atoms with E-state index in [1.807, 2.05) is 6.07 Å². The smallest absolute Gasteiger partial charge is 0.234 e. The van der Waals surface area contributed by atoms with Crippen LogP contribution < -0.4 is 10.2 Å². The van der Waals surface area contributed by atoms with Crippen LogP contribution in [-0.2, 0) is 4.79 Å². The van der Waals surface area contributed by atoms with E-state index < -0.39 is 0 Å². The minimum absolute atomic E-state index is 0.168. The lowest BCUT2D eigenvalue weighted by molar-refractivity contribution is -0.120. The Balaban J connectivity index is 1.29. The summed E-state index contributed by atoms with van der Waals surface area (Å²) in [5.74, 6) is 1.22. The van der Waals surface area contributed by atoms with Crippen LogP contribution in [-0.4, -0.2) is 49.1 Å². The second-order valence-electron chi connectivity index (χ2n) is 10.2. The van der Waals surface area contributed by atoms with E-state index >= 15 is 0 Å². The normalized spacial score (nSPS) is 33.3. The quantitative estimate of drug-likeness (QED) is 0.799. The third-order valence-electron chi connectivity index (χ3n) is 8.26. The van der Waals surface area contributed by atoms with Crippen molar-refractivity contribution in [1.29, 1.82) is 0 Å². The molecule has 0 radical (unpaired) electrons. The number of nitrogens with zero attached hydrogens (tertiary/aromatic N) is 2. The molecular weight excluding hydrogens is 377 g/mol. The van der Waals surface area contributed by atoms with Gasteiger partial charge in [-0.15, -0.1) is 0 Å². The molecule has 4 aliphatic rings. The summed E-state index contributed by atoms with van der Waals surface area (Å²) in [6, 6.07) is 5.99. The average molecular weight is 414 g/mol.